The first kappa shape index (κ1) is 16.3. The molecule has 0 saturated heterocycles. The normalized spacial score (nSPS) is 15.8. The van der Waals surface area contributed by atoms with E-state index < -0.39 is 5.38 Å². The molecule has 1 heterocycles. The summed E-state index contributed by atoms with van der Waals surface area (Å²) in [5.74, 6) is -0.645. The fraction of sp³-hybridized carbons (Fsp3) is 0.600. The van der Waals surface area contributed by atoms with Crippen LogP contribution in [0, 0.1) is 0 Å². The fourth-order valence-corrected chi connectivity index (χ4v) is 3.80. The maximum atomic E-state index is 12.3. The minimum Gasteiger partial charge on any atom is -0.462 e. The Morgan fingerprint density at radius 3 is 2.71 bits per heavy atom. The molecule has 0 saturated carbocycles. The number of amides is 1. The second kappa shape index (κ2) is 7.27. The van der Waals surface area contributed by atoms with Crippen molar-refractivity contribution in [3.63, 3.8) is 0 Å². The minimum absolute atomic E-state index is 0.293. The molecule has 1 amide bonds. The third-order valence-electron chi connectivity index (χ3n) is 3.50. The summed E-state index contributed by atoms with van der Waals surface area (Å²) in [5.41, 5.74) is 1.58. The number of esters is 1. The quantitative estimate of drug-likeness (QED) is 0.520. The zero-order valence-corrected chi connectivity index (χ0v) is 13.9. The molecule has 4 nitrogen and oxygen atoms in total. The maximum Gasteiger partial charge on any atom is 0.341 e. The number of alkyl halides is 1. The van der Waals surface area contributed by atoms with Gasteiger partial charge in [0.15, 0.2) is 0 Å². The summed E-state index contributed by atoms with van der Waals surface area (Å²) in [7, 11) is 0. The Labute approximate surface area is 133 Å². The van der Waals surface area contributed by atoms with E-state index in [1.807, 2.05) is 0 Å². The third kappa shape index (κ3) is 3.77. The summed E-state index contributed by atoms with van der Waals surface area (Å²) in [6, 6.07) is 0. The van der Waals surface area contributed by atoms with Gasteiger partial charge in [0.2, 0.25) is 5.91 Å². The predicted molar refractivity (Wildman–Crippen MR) is 85.5 cm³/mol. The largest absolute Gasteiger partial charge is 0.462 e. The van der Waals surface area contributed by atoms with E-state index in [9.17, 15) is 9.59 Å². The van der Waals surface area contributed by atoms with Crippen LogP contribution in [-0.2, 0) is 22.4 Å². The van der Waals surface area contributed by atoms with Crippen LogP contribution in [0.1, 0.15) is 53.9 Å². The van der Waals surface area contributed by atoms with Gasteiger partial charge in [-0.2, -0.15) is 0 Å². The van der Waals surface area contributed by atoms with E-state index in [2.05, 4.69) is 5.32 Å². The molecule has 1 aromatic heterocycles. The zero-order valence-electron chi connectivity index (χ0n) is 12.3. The van der Waals surface area contributed by atoms with Crippen LogP contribution in [0.15, 0.2) is 0 Å². The number of ether oxygens (including phenoxy) is 1. The summed E-state index contributed by atoms with van der Waals surface area (Å²) in [4.78, 5) is 25.3. The van der Waals surface area contributed by atoms with Gasteiger partial charge in [0, 0.05) is 4.88 Å². The highest BCUT2D eigenvalue weighted by atomic mass is 35.5. The van der Waals surface area contributed by atoms with E-state index in [1.54, 1.807) is 13.8 Å². The number of anilines is 1. The van der Waals surface area contributed by atoms with Gasteiger partial charge in [-0.1, -0.05) is 6.42 Å². The molecule has 0 aromatic carbocycles. The standard InChI is InChI=1S/C15H20ClNO3S/c1-3-20-15(19)12-10-7-5-4-6-8-11(10)21-14(12)17-13(18)9(2)16/h9H,3-8H2,1-2H3,(H,17,18)/t9-/m0/s1. The van der Waals surface area contributed by atoms with Gasteiger partial charge in [0.1, 0.15) is 10.4 Å². The van der Waals surface area contributed by atoms with Gasteiger partial charge in [-0.15, -0.1) is 22.9 Å². The molecule has 6 heteroatoms. The van der Waals surface area contributed by atoms with Crippen LogP contribution in [0.25, 0.3) is 0 Å². The highest BCUT2D eigenvalue weighted by Crippen LogP contribution is 2.38. The number of aryl methyl sites for hydroxylation is 1. The van der Waals surface area contributed by atoms with E-state index in [-0.39, 0.29) is 11.9 Å². The Kier molecular flexibility index (Phi) is 5.65. The van der Waals surface area contributed by atoms with Crippen LogP contribution in [-0.4, -0.2) is 23.9 Å². The van der Waals surface area contributed by atoms with Crippen molar-refractivity contribution in [2.45, 2.75) is 51.3 Å². The molecular formula is C15H20ClNO3S. The van der Waals surface area contributed by atoms with Crippen molar-refractivity contribution < 1.29 is 14.3 Å². The van der Waals surface area contributed by atoms with Gasteiger partial charge in [-0.3, -0.25) is 4.79 Å². The molecule has 1 N–H and O–H groups in total. The van der Waals surface area contributed by atoms with Crippen molar-refractivity contribution in [2.24, 2.45) is 0 Å². The Hall–Kier alpha value is -1.07. The number of halogens is 1. The second-order valence-electron chi connectivity index (χ2n) is 5.09. The average Bonchev–Trinajstić information content (AvgIpc) is 2.61. The summed E-state index contributed by atoms with van der Waals surface area (Å²) in [6.07, 6.45) is 5.18. The topological polar surface area (TPSA) is 55.4 Å². The molecule has 1 aliphatic carbocycles. The van der Waals surface area contributed by atoms with Crippen LogP contribution in [0.3, 0.4) is 0 Å². The number of carbonyl (C=O) groups excluding carboxylic acids is 2. The SMILES string of the molecule is CCOC(=O)c1c(NC(=O)[C@H](C)Cl)sc2c1CCCCC2. The molecule has 0 spiro atoms. The van der Waals surface area contributed by atoms with Crippen molar-refractivity contribution >= 4 is 39.8 Å². The molecule has 1 aromatic rings. The smallest absolute Gasteiger partial charge is 0.341 e. The molecule has 0 aliphatic heterocycles. The predicted octanol–water partition coefficient (Wildman–Crippen LogP) is 3.76. The van der Waals surface area contributed by atoms with Crippen molar-refractivity contribution in [1.82, 2.24) is 0 Å². The van der Waals surface area contributed by atoms with Crippen molar-refractivity contribution in [3.8, 4) is 0 Å². The summed E-state index contributed by atoms with van der Waals surface area (Å²) < 4.78 is 5.16. The molecule has 1 atom stereocenters. The first-order valence-corrected chi connectivity index (χ1v) is 8.56. The molecule has 0 bridgehead atoms. The maximum absolute atomic E-state index is 12.3. The van der Waals surface area contributed by atoms with E-state index in [4.69, 9.17) is 16.3 Å². The lowest BCUT2D eigenvalue weighted by Crippen LogP contribution is -2.21. The fourth-order valence-electron chi connectivity index (χ4n) is 2.46. The Morgan fingerprint density at radius 2 is 2.05 bits per heavy atom. The number of nitrogens with one attached hydrogen (secondary N) is 1. The zero-order chi connectivity index (χ0) is 15.4. The molecule has 0 fully saturated rings. The van der Waals surface area contributed by atoms with E-state index in [0.29, 0.717) is 17.2 Å². The van der Waals surface area contributed by atoms with E-state index in [0.717, 1.165) is 31.2 Å². The first-order chi connectivity index (χ1) is 10.0. The van der Waals surface area contributed by atoms with Gasteiger partial charge in [0.05, 0.1) is 12.2 Å². The second-order valence-corrected chi connectivity index (χ2v) is 6.85. The Balaban J connectivity index is 2.38. The molecular weight excluding hydrogens is 310 g/mol. The molecule has 0 unspecified atom stereocenters. The highest BCUT2D eigenvalue weighted by Gasteiger charge is 2.27. The van der Waals surface area contributed by atoms with E-state index >= 15 is 0 Å². The van der Waals surface area contributed by atoms with Gasteiger partial charge in [-0.05, 0) is 45.1 Å². The first-order valence-electron chi connectivity index (χ1n) is 7.31. The van der Waals surface area contributed by atoms with Crippen molar-refractivity contribution in [2.75, 3.05) is 11.9 Å². The summed E-state index contributed by atoms with van der Waals surface area (Å²) >= 11 is 7.28. The van der Waals surface area contributed by atoms with Crippen LogP contribution < -0.4 is 5.32 Å². The van der Waals surface area contributed by atoms with Gasteiger partial charge < -0.3 is 10.1 Å². The number of rotatable bonds is 4. The number of carbonyl (C=O) groups is 2. The number of fused-ring (bicyclic) bond motifs is 1. The number of hydrogen-bond donors (Lipinski definition) is 1. The van der Waals surface area contributed by atoms with Crippen LogP contribution in [0.5, 0.6) is 0 Å². The van der Waals surface area contributed by atoms with E-state index in [1.165, 1.54) is 22.6 Å². The number of thiophene rings is 1. The third-order valence-corrected chi connectivity index (χ3v) is 4.90. The minimum atomic E-state index is -0.637. The summed E-state index contributed by atoms with van der Waals surface area (Å²) in [6.45, 7) is 3.71. The van der Waals surface area contributed by atoms with Gasteiger partial charge in [0.25, 0.3) is 0 Å². The van der Waals surface area contributed by atoms with Crippen molar-refractivity contribution in [3.05, 3.63) is 16.0 Å². The molecule has 1 aliphatic rings. The van der Waals surface area contributed by atoms with Crippen LogP contribution in [0.2, 0.25) is 0 Å². The Bertz CT molecular complexity index is 539. The molecule has 116 valence electrons. The van der Waals surface area contributed by atoms with Gasteiger partial charge in [-0.25, -0.2) is 4.79 Å². The highest BCUT2D eigenvalue weighted by molar-refractivity contribution is 7.17. The van der Waals surface area contributed by atoms with Gasteiger partial charge >= 0.3 is 5.97 Å². The lowest BCUT2D eigenvalue weighted by molar-refractivity contribution is -0.115. The lowest BCUT2D eigenvalue weighted by Gasteiger charge is -2.09. The number of hydrogen-bond acceptors (Lipinski definition) is 4. The lowest BCUT2D eigenvalue weighted by atomic mass is 10.1. The average molecular weight is 330 g/mol. The van der Waals surface area contributed by atoms with Crippen LogP contribution >= 0.6 is 22.9 Å². The summed E-state index contributed by atoms with van der Waals surface area (Å²) in [5, 5.41) is 2.72. The molecule has 2 rings (SSSR count). The molecule has 0 radical (unpaired) electrons. The van der Waals surface area contributed by atoms with Crippen LogP contribution in [0.4, 0.5) is 5.00 Å². The van der Waals surface area contributed by atoms with Crippen molar-refractivity contribution in [1.29, 1.82) is 0 Å². The monoisotopic (exact) mass is 329 g/mol. The Morgan fingerprint density at radius 1 is 1.33 bits per heavy atom. The molecule has 21 heavy (non-hydrogen) atoms.